The Morgan fingerprint density at radius 3 is 2.59 bits per heavy atom. The lowest BCUT2D eigenvalue weighted by Crippen LogP contribution is -2.45. The average molecular weight is 233 g/mol. The lowest BCUT2D eigenvalue weighted by Gasteiger charge is -2.29. The maximum absolute atomic E-state index is 3.39. The summed E-state index contributed by atoms with van der Waals surface area (Å²) in [7, 11) is 2.20. The fourth-order valence-electron chi connectivity index (χ4n) is 2.22. The van der Waals surface area contributed by atoms with Gasteiger partial charge in [0.2, 0.25) is 0 Å². The number of likely N-dealkylation sites (N-methyl/N-ethyl adjacent to an activating group) is 1. The summed E-state index contributed by atoms with van der Waals surface area (Å²) in [6.45, 7) is 8.05. The molecule has 2 rings (SSSR count). The van der Waals surface area contributed by atoms with E-state index in [4.69, 9.17) is 0 Å². The van der Waals surface area contributed by atoms with Gasteiger partial charge in [-0.3, -0.25) is 4.90 Å². The van der Waals surface area contributed by atoms with Crippen molar-refractivity contribution < 1.29 is 0 Å². The second-order valence-electron chi connectivity index (χ2n) is 4.82. The van der Waals surface area contributed by atoms with E-state index in [9.17, 15) is 0 Å². The highest BCUT2D eigenvalue weighted by Gasteiger charge is 2.09. The Labute approximate surface area is 104 Å². The Morgan fingerprint density at radius 1 is 1.18 bits per heavy atom. The Morgan fingerprint density at radius 2 is 1.88 bits per heavy atom. The van der Waals surface area contributed by atoms with Crippen LogP contribution in [0.1, 0.15) is 5.56 Å². The minimum absolute atomic E-state index is 1.05. The van der Waals surface area contributed by atoms with Crippen molar-refractivity contribution in [1.82, 2.24) is 15.1 Å². The molecule has 0 atom stereocenters. The van der Waals surface area contributed by atoms with Crippen LogP contribution < -0.4 is 5.32 Å². The fourth-order valence-corrected chi connectivity index (χ4v) is 2.22. The summed E-state index contributed by atoms with van der Waals surface area (Å²) in [6.07, 6.45) is 0. The molecule has 1 saturated heterocycles. The Kier molecular flexibility index (Phi) is 4.98. The largest absolute Gasteiger partial charge is 0.314 e. The summed E-state index contributed by atoms with van der Waals surface area (Å²) >= 11 is 0. The van der Waals surface area contributed by atoms with Crippen LogP contribution in [0.3, 0.4) is 0 Å². The van der Waals surface area contributed by atoms with Crippen molar-refractivity contribution in [3.8, 4) is 0 Å². The molecule has 0 aromatic heterocycles. The fraction of sp³-hybridized carbons (Fsp3) is 0.571. The first-order valence-electron chi connectivity index (χ1n) is 6.50. The van der Waals surface area contributed by atoms with Gasteiger partial charge >= 0.3 is 0 Å². The van der Waals surface area contributed by atoms with Crippen molar-refractivity contribution in [3.05, 3.63) is 35.9 Å². The van der Waals surface area contributed by atoms with E-state index in [2.05, 4.69) is 52.5 Å². The molecular formula is C14H23N3. The lowest BCUT2D eigenvalue weighted by molar-refractivity contribution is 0.202. The van der Waals surface area contributed by atoms with E-state index in [0.717, 1.165) is 26.2 Å². The zero-order valence-corrected chi connectivity index (χ0v) is 10.7. The smallest absolute Gasteiger partial charge is 0.0231 e. The van der Waals surface area contributed by atoms with Crippen molar-refractivity contribution in [2.24, 2.45) is 0 Å². The van der Waals surface area contributed by atoms with Crippen LogP contribution in [-0.2, 0) is 6.54 Å². The van der Waals surface area contributed by atoms with Gasteiger partial charge in [0.1, 0.15) is 0 Å². The van der Waals surface area contributed by atoms with E-state index in [1.165, 1.54) is 25.2 Å². The molecule has 1 N–H and O–H groups in total. The lowest BCUT2D eigenvalue weighted by atomic mass is 10.2. The number of nitrogens with one attached hydrogen (secondary N) is 1. The summed E-state index contributed by atoms with van der Waals surface area (Å²) in [5, 5.41) is 3.39. The molecule has 0 unspecified atom stereocenters. The molecule has 3 heteroatoms. The van der Waals surface area contributed by atoms with Crippen LogP contribution in [0.5, 0.6) is 0 Å². The van der Waals surface area contributed by atoms with Crippen LogP contribution in [0.2, 0.25) is 0 Å². The number of nitrogens with zero attached hydrogens (tertiary/aromatic N) is 2. The highest BCUT2D eigenvalue weighted by molar-refractivity contribution is 5.14. The van der Waals surface area contributed by atoms with Crippen molar-refractivity contribution in [1.29, 1.82) is 0 Å². The van der Waals surface area contributed by atoms with Gasteiger partial charge in [0.15, 0.2) is 0 Å². The molecule has 94 valence electrons. The van der Waals surface area contributed by atoms with Gasteiger partial charge < -0.3 is 10.2 Å². The first kappa shape index (κ1) is 12.6. The summed E-state index contributed by atoms with van der Waals surface area (Å²) in [5.74, 6) is 0. The maximum Gasteiger partial charge on any atom is 0.0231 e. The molecule has 0 spiro atoms. The van der Waals surface area contributed by atoms with Crippen molar-refractivity contribution in [3.63, 3.8) is 0 Å². The Hall–Kier alpha value is -0.900. The molecule has 0 bridgehead atoms. The topological polar surface area (TPSA) is 18.5 Å². The van der Waals surface area contributed by atoms with Gasteiger partial charge in [-0.1, -0.05) is 30.3 Å². The van der Waals surface area contributed by atoms with Crippen LogP contribution in [0.25, 0.3) is 0 Å². The predicted octanol–water partition coefficient (Wildman–Crippen LogP) is 1.02. The van der Waals surface area contributed by atoms with Gasteiger partial charge in [-0.15, -0.1) is 0 Å². The van der Waals surface area contributed by atoms with Gasteiger partial charge in [-0.25, -0.2) is 0 Å². The highest BCUT2D eigenvalue weighted by Crippen LogP contribution is 2.02. The normalized spacial score (nSPS) is 17.5. The minimum atomic E-state index is 1.05. The van der Waals surface area contributed by atoms with Crippen LogP contribution in [0.15, 0.2) is 30.3 Å². The van der Waals surface area contributed by atoms with Crippen LogP contribution in [0.4, 0.5) is 0 Å². The van der Waals surface area contributed by atoms with Crippen molar-refractivity contribution >= 4 is 0 Å². The van der Waals surface area contributed by atoms with Crippen molar-refractivity contribution in [2.45, 2.75) is 6.54 Å². The van der Waals surface area contributed by atoms with Crippen molar-refractivity contribution in [2.75, 3.05) is 46.3 Å². The molecule has 0 amide bonds. The number of piperazine rings is 1. The standard InChI is InChI=1S/C14H23N3/c1-16(13-14-5-3-2-4-6-14)11-12-17-9-7-15-8-10-17/h2-6,15H,7-13H2,1H3. The zero-order valence-electron chi connectivity index (χ0n) is 10.7. The summed E-state index contributed by atoms with van der Waals surface area (Å²) in [5.41, 5.74) is 1.40. The second kappa shape index (κ2) is 6.74. The third-order valence-corrected chi connectivity index (χ3v) is 3.30. The van der Waals surface area contributed by atoms with E-state index >= 15 is 0 Å². The van der Waals surface area contributed by atoms with E-state index in [0.29, 0.717) is 0 Å². The number of hydrogen-bond donors (Lipinski definition) is 1. The molecule has 3 nitrogen and oxygen atoms in total. The quantitative estimate of drug-likeness (QED) is 0.819. The third kappa shape index (κ3) is 4.46. The molecule has 1 heterocycles. The zero-order chi connectivity index (χ0) is 11.9. The van der Waals surface area contributed by atoms with E-state index in [1.807, 2.05) is 0 Å². The molecule has 1 fully saturated rings. The second-order valence-corrected chi connectivity index (χ2v) is 4.82. The minimum Gasteiger partial charge on any atom is -0.314 e. The molecular weight excluding hydrogens is 210 g/mol. The van der Waals surface area contributed by atoms with E-state index in [1.54, 1.807) is 0 Å². The number of hydrogen-bond acceptors (Lipinski definition) is 3. The molecule has 0 radical (unpaired) electrons. The molecule has 1 aliphatic heterocycles. The predicted molar refractivity (Wildman–Crippen MR) is 72.1 cm³/mol. The van der Waals surface area contributed by atoms with Crippen LogP contribution in [0, 0.1) is 0 Å². The van der Waals surface area contributed by atoms with E-state index < -0.39 is 0 Å². The van der Waals surface area contributed by atoms with Gasteiger partial charge in [0.05, 0.1) is 0 Å². The van der Waals surface area contributed by atoms with Gasteiger partial charge in [0.25, 0.3) is 0 Å². The maximum atomic E-state index is 3.39. The molecule has 0 saturated carbocycles. The molecule has 0 aliphatic carbocycles. The Bertz CT molecular complexity index is 307. The van der Waals surface area contributed by atoms with Gasteiger partial charge in [-0.05, 0) is 12.6 Å². The average Bonchev–Trinajstić information content (AvgIpc) is 2.39. The van der Waals surface area contributed by atoms with Crippen LogP contribution >= 0.6 is 0 Å². The summed E-state index contributed by atoms with van der Waals surface area (Å²) < 4.78 is 0. The summed E-state index contributed by atoms with van der Waals surface area (Å²) in [6, 6.07) is 10.7. The number of rotatable bonds is 5. The summed E-state index contributed by atoms with van der Waals surface area (Å²) in [4.78, 5) is 4.94. The highest BCUT2D eigenvalue weighted by atomic mass is 15.2. The monoisotopic (exact) mass is 233 g/mol. The first-order chi connectivity index (χ1) is 8.34. The Balaban J connectivity index is 1.68. The number of benzene rings is 1. The van der Waals surface area contributed by atoms with E-state index in [-0.39, 0.29) is 0 Å². The van der Waals surface area contributed by atoms with Crippen LogP contribution in [-0.4, -0.2) is 56.1 Å². The van der Waals surface area contributed by atoms with Gasteiger partial charge in [-0.2, -0.15) is 0 Å². The third-order valence-electron chi connectivity index (χ3n) is 3.30. The first-order valence-corrected chi connectivity index (χ1v) is 6.50. The van der Waals surface area contributed by atoms with Gasteiger partial charge in [0, 0.05) is 45.8 Å². The molecule has 1 aromatic carbocycles. The SMILES string of the molecule is CN(CCN1CCNCC1)Cc1ccccc1. The molecule has 1 aromatic rings. The molecule has 1 aliphatic rings. The molecule has 17 heavy (non-hydrogen) atoms.